The zero-order chi connectivity index (χ0) is 14.4. The predicted octanol–water partition coefficient (Wildman–Crippen LogP) is 3.24. The zero-order valence-electron chi connectivity index (χ0n) is 12.0. The first-order valence-electron chi connectivity index (χ1n) is 6.56. The van der Waals surface area contributed by atoms with Gasteiger partial charge in [-0.3, -0.25) is 4.79 Å². The van der Waals surface area contributed by atoms with Crippen LogP contribution in [0.2, 0.25) is 0 Å². The molecule has 1 amide bonds. The number of alkyl halides is 1. The molecule has 2 unspecified atom stereocenters. The number of hydrogen-bond donors (Lipinski definition) is 0. The number of ether oxygens (including phenoxy) is 1. The summed E-state index contributed by atoms with van der Waals surface area (Å²) in [6, 6.07) is 7.87. The van der Waals surface area contributed by atoms with Crippen LogP contribution in [-0.4, -0.2) is 31.0 Å². The van der Waals surface area contributed by atoms with E-state index in [9.17, 15) is 4.79 Å². The smallest absolute Gasteiger partial charge is 0.245 e. The maximum absolute atomic E-state index is 12.4. The Bertz CT molecular complexity index is 420. The Morgan fingerprint density at radius 2 is 2.00 bits per heavy atom. The second-order valence-electron chi connectivity index (χ2n) is 4.61. The average Bonchev–Trinajstić information content (AvgIpc) is 2.39. The summed E-state index contributed by atoms with van der Waals surface area (Å²) >= 11 is 5.98. The normalized spacial score (nSPS) is 13.9. The fraction of sp³-hybridized carbons (Fsp3) is 0.533. The molecule has 0 aromatic heterocycles. The molecule has 106 valence electrons. The van der Waals surface area contributed by atoms with Gasteiger partial charge in [0.25, 0.3) is 0 Å². The molecule has 0 heterocycles. The van der Waals surface area contributed by atoms with Crippen molar-refractivity contribution in [1.82, 2.24) is 0 Å². The van der Waals surface area contributed by atoms with Gasteiger partial charge in [0, 0.05) is 12.8 Å². The number of hydrogen-bond acceptors (Lipinski definition) is 2. The summed E-state index contributed by atoms with van der Waals surface area (Å²) < 4.78 is 5.17. The minimum absolute atomic E-state index is 0.0496. The summed E-state index contributed by atoms with van der Waals surface area (Å²) in [6.45, 7) is 6.22. The number of carbonyl (C=O) groups is 1. The van der Waals surface area contributed by atoms with Crippen LogP contribution in [0.1, 0.15) is 26.3 Å². The maximum Gasteiger partial charge on any atom is 0.245 e. The van der Waals surface area contributed by atoms with Crippen LogP contribution in [-0.2, 0) is 16.0 Å². The van der Waals surface area contributed by atoms with Crippen molar-refractivity contribution in [3.05, 3.63) is 29.8 Å². The molecule has 0 saturated carbocycles. The molecule has 19 heavy (non-hydrogen) atoms. The standard InChI is InChI=1S/C15H22ClNO2/c1-5-13-8-6-7-9-14(13)17(11(2)10-19-4)15(18)12(3)16/h6-9,11-12H,5,10H2,1-4H3. The van der Waals surface area contributed by atoms with E-state index in [1.807, 2.05) is 31.2 Å². The second-order valence-corrected chi connectivity index (χ2v) is 5.27. The van der Waals surface area contributed by atoms with E-state index in [4.69, 9.17) is 16.3 Å². The Morgan fingerprint density at radius 1 is 1.37 bits per heavy atom. The Labute approximate surface area is 120 Å². The predicted molar refractivity (Wildman–Crippen MR) is 80.0 cm³/mol. The quantitative estimate of drug-likeness (QED) is 0.750. The topological polar surface area (TPSA) is 29.5 Å². The minimum atomic E-state index is -0.552. The number of methoxy groups -OCH3 is 1. The van der Waals surface area contributed by atoms with E-state index < -0.39 is 5.38 Å². The fourth-order valence-corrected chi connectivity index (χ4v) is 2.23. The van der Waals surface area contributed by atoms with Gasteiger partial charge in [0.2, 0.25) is 5.91 Å². The molecular formula is C15H22ClNO2. The molecule has 0 aliphatic carbocycles. The van der Waals surface area contributed by atoms with Crippen LogP contribution in [0.5, 0.6) is 0 Å². The molecule has 0 saturated heterocycles. The lowest BCUT2D eigenvalue weighted by atomic mass is 10.1. The van der Waals surface area contributed by atoms with Gasteiger partial charge in [-0.2, -0.15) is 0 Å². The lowest BCUT2D eigenvalue weighted by Gasteiger charge is -2.31. The molecule has 0 N–H and O–H groups in total. The van der Waals surface area contributed by atoms with Gasteiger partial charge >= 0.3 is 0 Å². The van der Waals surface area contributed by atoms with Crippen LogP contribution >= 0.6 is 11.6 Å². The van der Waals surface area contributed by atoms with E-state index in [0.717, 1.165) is 17.7 Å². The van der Waals surface area contributed by atoms with Gasteiger partial charge in [-0.25, -0.2) is 0 Å². The summed E-state index contributed by atoms with van der Waals surface area (Å²) in [5.74, 6) is -0.0906. The van der Waals surface area contributed by atoms with E-state index in [0.29, 0.717) is 6.61 Å². The highest BCUT2D eigenvalue weighted by molar-refractivity contribution is 6.32. The van der Waals surface area contributed by atoms with Crippen molar-refractivity contribution in [3.8, 4) is 0 Å². The molecule has 4 heteroatoms. The third-order valence-electron chi connectivity index (χ3n) is 3.06. The largest absolute Gasteiger partial charge is 0.383 e. The molecular weight excluding hydrogens is 262 g/mol. The molecule has 2 atom stereocenters. The molecule has 0 radical (unpaired) electrons. The van der Waals surface area contributed by atoms with E-state index in [1.54, 1.807) is 18.9 Å². The van der Waals surface area contributed by atoms with E-state index in [1.165, 1.54) is 0 Å². The van der Waals surface area contributed by atoms with E-state index in [2.05, 4.69) is 6.92 Å². The summed E-state index contributed by atoms with van der Waals surface area (Å²) in [4.78, 5) is 14.1. The maximum atomic E-state index is 12.4. The summed E-state index contributed by atoms with van der Waals surface area (Å²) in [5, 5.41) is -0.552. The SMILES string of the molecule is CCc1ccccc1N(C(=O)C(C)Cl)C(C)COC. The number of rotatable bonds is 6. The van der Waals surface area contributed by atoms with Gasteiger partial charge in [-0.1, -0.05) is 25.1 Å². The highest BCUT2D eigenvalue weighted by Crippen LogP contribution is 2.25. The number of amides is 1. The third-order valence-corrected chi connectivity index (χ3v) is 3.25. The van der Waals surface area contributed by atoms with Crippen LogP contribution in [0.3, 0.4) is 0 Å². The van der Waals surface area contributed by atoms with Crippen molar-refractivity contribution in [1.29, 1.82) is 0 Å². The van der Waals surface area contributed by atoms with Gasteiger partial charge in [-0.15, -0.1) is 11.6 Å². The summed E-state index contributed by atoms with van der Waals surface area (Å²) in [7, 11) is 1.63. The fourth-order valence-electron chi connectivity index (χ4n) is 2.13. The molecule has 0 bridgehead atoms. The summed E-state index contributed by atoms with van der Waals surface area (Å²) in [6.07, 6.45) is 0.871. The summed E-state index contributed by atoms with van der Waals surface area (Å²) in [5.41, 5.74) is 2.06. The molecule has 0 fully saturated rings. The van der Waals surface area contributed by atoms with Crippen LogP contribution in [0.4, 0.5) is 5.69 Å². The second kappa shape index (κ2) is 7.51. The number of aryl methyl sites for hydroxylation is 1. The monoisotopic (exact) mass is 283 g/mol. The third kappa shape index (κ3) is 3.95. The van der Waals surface area contributed by atoms with Gasteiger partial charge in [0.05, 0.1) is 12.6 Å². The van der Waals surface area contributed by atoms with Crippen LogP contribution < -0.4 is 4.90 Å². The number of anilines is 1. The molecule has 1 aromatic carbocycles. The molecule has 0 aliphatic heterocycles. The van der Waals surface area contributed by atoms with Gasteiger partial charge in [0.1, 0.15) is 5.38 Å². The van der Waals surface area contributed by atoms with Crippen LogP contribution in [0.25, 0.3) is 0 Å². The number of halogens is 1. The van der Waals surface area contributed by atoms with Gasteiger partial charge in [-0.05, 0) is 31.9 Å². The van der Waals surface area contributed by atoms with Crippen molar-refractivity contribution in [2.45, 2.75) is 38.6 Å². The number of benzene rings is 1. The first kappa shape index (κ1) is 16.0. The lowest BCUT2D eigenvalue weighted by Crippen LogP contribution is -2.44. The Hall–Kier alpha value is -1.06. The minimum Gasteiger partial charge on any atom is -0.383 e. The molecule has 3 nitrogen and oxygen atoms in total. The van der Waals surface area contributed by atoms with Gasteiger partial charge in [0.15, 0.2) is 0 Å². The van der Waals surface area contributed by atoms with Gasteiger partial charge < -0.3 is 9.64 Å². The molecule has 0 spiro atoms. The van der Waals surface area contributed by atoms with Crippen molar-refractivity contribution in [2.24, 2.45) is 0 Å². The van der Waals surface area contributed by atoms with Crippen molar-refractivity contribution in [2.75, 3.05) is 18.6 Å². The van der Waals surface area contributed by atoms with E-state index >= 15 is 0 Å². The van der Waals surface area contributed by atoms with Crippen molar-refractivity contribution < 1.29 is 9.53 Å². The Kier molecular flexibility index (Phi) is 6.32. The van der Waals surface area contributed by atoms with Crippen LogP contribution in [0.15, 0.2) is 24.3 Å². The highest BCUT2D eigenvalue weighted by Gasteiger charge is 2.26. The average molecular weight is 284 g/mol. The Balaban J connectivity index is 3.18. The van der Waals surface area contributed by atoms with E-state index in [-0.39, 0.29) is 11.9 Å². The number of carbonyl (C=O) groups excluding carboxylic acids is 1. The first-order chi connectivity index (χ1) is 9.02. The molecule has 0 aliphatic rings. The number of para-hydroxylation sites is 1. The molecule has 1 rings (SSSR count). The first-order valence-corrected chi connectivity index (χ1v) is 7.00. The number of nitrogens with zero attached hydrogens (tertiary/aromatic N) is 1. The van der Waals surface area contributed by atoms with Crippen LogP contribution in [0, 0.1) is 0 Å². The zero-order valence-corrected chi connectivity index (χ0v) is 12.8. The lowest BCUT2D eigenvalue weighted by molar-refractivity contribution is -0.118. The Morgan fingerprint density at radius 3 is 2.53 bits per heavy atom. The van der Waals surface area contributed by atoms with Crippen molar-refractivity contribution in [3.63, 3.8) is 0 Å². The van der Waals surface area contributed by atoms with Crippen molar-refractivity contribution >= 4 is 23.2 Å². The molecule has 1 aromatic rings. The highest BCUT2D eigenvalue weighted by atomic mass is 35.5.